The SMILES string of the molecule is COc1ccccc1N1C[C@H](C(=O)OCC(=O)N[C@H](C)c2ccccc2)CC1=O. The zero-order valence-corrected chi connectivity index (χ0v) is 16.5. The van der Waals surface area contributed by atoms with Crippen LogP contribution in [-0.2, 0) is 19.1 Å². The lowest BCUT2D eigenvalue weighted by atomic mass is 10.1. The summed E-state index contributed by atoms with van der Waals surface area (Å²) in [5.74, 6) is -1.19. The van der Waals surface area contributed by atoms with E-state index in [2.05, 4.69) is 5.32 Å². The number of amides is 2. The molecule has 0 saturated carbocycles. The molecule has 7 nitrogen and oxygen atoms in total. The molecule has 0 aromatic heterocycles. The van der Waals surface area contributed by atoms with E-state index in [4.69, 9.17) is 9.47 Å². The molecule has 1 heterocycles. The molecular weight excluding hydrogens is 372 g/mol. The van der Waals surface area contributed by atoms with Gasteiger partial charge in [-0.05, 0) is 24.6 Å². The van der Waals surface area contributed by atoms with Crippen molar-refractivity contribution in [1.29, 1.82) is 0 Å². The van der Waals surface area contributed by atoms with Gasteiger partial charge in [0, 0.05) is 13.0 Å². The summed E-state index contributed by atoms with van der Waals surface area (Å²) in [7, 11) is 1.53. The van der Waals surface area contributed by atoms with Gasteiger partial charge in [0.25, 0.3) is 5.91 Å². The molecule has 1 N–H and O–H groups in total. The molecule has 3 rings (SSSR count). The van der Waals surface area contributed by atoms with Crippen LogP contribution in [0.1, 0.15) is 24.9 Å². The highest BCUT2D eigenvalue weighted by molar-refractivity contribution is 6.00. The Morgan fingerprint density at radius 3 is 2.55 bits per heavy atom. The molecule has 7 heteroatoms. The fraction of sp³-hybridized carbons (Fsp3) is 0.318. The number of methoxy groups -OCH3 is 1. The standard InChI is InChI=1S/C22H24N2O5/c1-15(16-8-4-3-5-9-16)23-20(25)14-29-22(27)17-12-21(26)24(13-17)18-10-6-7-11-19(18)28-2/h3-11,15,17H,12-14H2,1-2H3,(H,23,25)/t15-,17-/m1/s1. The van der Waals surface area contributed by atoms with Gasteiger partial charge in [0.15, 0.2) is 6.61 Å². The molecule has 29 heavy (non-hydrogen) atoms. The van der Waals surface area contributed by atoms with Crippen molar-refractivity contribution in [2.45, 2.75) is 19.4 Å². The highest BCUT2D eigenvalue weighted by atomic mass is 16.5. The number of hydrogen-bond donors (Lipinski definition) is 1. The van der Waals surface area contributed by atoms with E-state index in [0.717, 1.165) is 5.56 Å². The Morgan fingerprint density at radius 1 is 1.14 bits per heavy atom. The van der Waals surface area contributed by atoms with Gasteiger partial charge in [-0.15, -0.1) is 0 Å². The van der Waals surface area contributed by atoms with Crippen molar-refractivity contribution in [2.75, 3.05) is 25.2 Å². The number of para-hydroxylation sites is 2. The van der Waals surface area contributed by atoms with E-state index in [1.807, 2.05) is 43.3 Å². The number of nitrogens with zero attached hydrogens (tertiary/aromatic N) is 1. The summed E-state index contributed by atoms with van der Waals surface area (Å²) in [6.45, 7) is 1.67. The van der Waals surface area contributed by atoms with Crippen molar-refractivity contribution in [3.63, 3.8) is 0 Å². The van der Waals surface area contributed by atoms with E-state index in [1.165, 1.54) is 12.0 Å². The molecule has 0 radical (unpaired) electrons. The van der Waals surface area contributed by atoms with Gasteiger partial charge >= 0.3 is 5.97 Å². The Hall–Kier alpha value is -3.35. The molecule has 0 unspecified atom stereocenters. The third-order valence-electron chi connectivity index (χ3n) is 4.86. The largest absolute Gasteiger partial charge is 0.495 e. The summed E-state index contributed by atoms with van der Waals surface area (Å²) >= 11 is 0. The summed E-state index contributed by atoms with van der Waals surface area (Å²) in [5.41, 5.74) is 1.57. The summed E-state index contributed by atoms with van der Waals surface area (Å²) in [4.78, 5) is 38.4. The maximum atomic E-state index is 12.4. The topological polar surface area (TPSA) is 84.9 Å². The van der Waals surface area contributed by atoms with Crippen LogP contribution < -0.4 is 15.0 Å². The zero-order chi connectivity index (χ0) is 20.8. The number of anilines is 1. The van der Waals surface area contributed by atoms with Crippen LogP contribution >= 0.6 is 0 Å². The molecule has 1 aliphatic rings. The first-order chi connectivity index (χ1) is 14.0. The van der Waals surface area contributed by atoms with Crippen molar-refractivity contribution in [2.24, 2.45) is 5.92 Å². The van der Waals surface area contributed by atoms with Crippen LogP contribution in [0, 0.1) is 5.92 Å². The fourth-order valence-electron chi connectivity index (χ4n) is 3.31. The molecule has 2 aromatic rings. The highest BCUT2D eigenvalue weighted by Crippen LogP contribution is 2.33. The summed E-state index contributed by atoms with van der Waals surface area (Å²) in [6.07, 6.45) is 0.0406. The van der Waals surface area contributed by atoms with Crippen LogP contribution in [0.2, 0.25) is 0 Å². The number of rotatable bonds is 7. The third kappa shape index (κ3) is 4.93. The quantitative estimate of drug-likeness (QED) is 0.727. The van der Waals surface area contributed by atoms with Crippen LogP contribution in [0.15, 0.2) is 54.6 Å². The predicted molar refractivity (Wildman–Crippen MR) is 107 cm³/mol. The number of esters is 1. The van der Waals surface area contributed by atoms with E-state index in [1.54, 1.807) is 18.2 Å². The first-order valence-corrected chi connectivity index (χ1v) is 9.44. The maximum Gasteiger partial charge on any atom is 0.311 e. The number of nitrogens with one attached hydrogen (secondary N) is 1. The van der Waals surface area contributed by atoms with Crippen molar-refractivity contribution in [1.82, 2.24) is 5.32 Å². The van der Waals surface area contributed by atoms with Crippen LogP contribution in [0.5, 0.6) is 5.75 Å². The minimum absolute atomic E-state index is 0.0406. The van der Waals surface area contributed by atoms with E-state index in [0.29, 0.717) is 11.4 Å². The maximum absolute atomic E-state index is 12.4. The van der Waals surface area contributed by atoms with E-state index >= 15 is 0 Å². The van der Waals surface area contributed by atoms with Gasteiger partial charge < -0.3 is 19.7 Å². The van der Waals surface area contributed by atoms with Gasteiger partial charge in [0.05, 0.1) is 24.8 Å². The van der Waals surface area contributed by atoms with Gasteiger partial charge in [0.1, 0.15) is 5.75 Å². The molecule has 0 spiro atoms. The molecule has 1 fully saturated rings. The fourth-order valence-corrected chi connectivity index (χ4v) is 3.31. The second kappa shape index (κ2) is 9.23. The van der Waals surface area contributed by atoms with Gasteiger partial charge in [-0.25, -0.2) is 0 Å². The minimum Gasteiger partial charge on any atom is -0.495 e. The predicted octanol–water partition coefficient (Wildman–Crippen LogP) is 2.47. The summed E-state index contributed by atoms with van der Waals surface area (Å²) in [6, 6.07) is 16.4. The third-order valence-corrected chi connectivity index (χ3v) is 4.86. The molecule has 2 amide bonds. The Labute approximate surface area is 169 Å². The average molecular weight is 396 g/mol. The van der Waals surface area contributed by atoms with Crippen LogP contribution in [0.3, 0.4) is 0 Å². The summed E-state index contributed by atoms with van der Waals surface area (Å²) in [5, 5.41) is 2.79. The van der Waals surface area contributed by atoms with Gasteiger partial charge in [-0.1, -0.05) is 42.5 Å². The Morgan fingerprint density at radius 2 is 1.83 bits per heavy atom. The highest BCUT2D eigenvalue weighted by Gasteiger charge is 2.37. The van der Waals surface area contributed by atoms with Gasteiger partial charge in [-0.2, -0.15) is 0 Å². The molecule has 152 valence electrons. The van der Waals surface area contributed by atoms with Gasteiger partial charge in [-0.3, -0.25) is 14.4 Å². The van der Waals surface area contributed by atoms with E-state index < -0.39 is 11.9 Å². The number of ether oxygens (including phenoxy) is 2. The Bertz CT molecular complexity index is 884. The van der Waals surface area contributed by atoms with E-state index in [-0.39, 0.29) is 37.4 Å². The van der Waals surface area contributed by atoms with Crippen molar-refractivity contribution >= 4 is 23.5 Å². The van der Waals surface area contributed by atoms with Crippen molar-refractivity contribution in [3.05, 3.63) is 60.2 Å². The number of carbonyl (C=O) groups excluding carboxylic acids is 3. The molecule has 1 aliphatic heterocycles. The second-order valence-corrected chi connectivity index (χ2v) is 6.88. The van der Waals surface area contributed by atoms with Crippen LogP contribution in [0.4, 0.5) is 5.69 Å². The number of carbonyl (C=O) groups is 3. The average Bonchev–Trinajstić information content (AvgIpc) is 3.14. The van der Waals surface area contributed by atoms with Crippen LogP contribution in [-0.4, -0.2) is 38.0 Å². The number of benzene rings is 2. The first-order valence-electron chi connectivity index (χ1n) is 9.44. The Balaban J connectivity index is 1.52. The molecular formula is C22H24N2O5. The smallest absolute Gasteiger partial charge is 0.311 e. The van der Waals surface area contributed by atoms with Gasteiger partial charge in [0.2, 0.25) is 5.91 Å². The zero-order valence-electron chi connectivity index (χ0n) is 16.5. The normalized spacial score (nSPS) is 17.0. The lowest BCUT2D eigenvalue weighted by molar-refractivity contribution is -0.152. The molecule has 2 atom stereocenters. The molecule has 2 aromatic carbocycles. The van der Waals surface area contributed by atoms with Crippen molar-refractivity contribution in [3.8, 4) is 5.75 Å². The molecule has 0 aliphatic carbocycles. The second-order valence-electron chi connectivity index (χ2n) is 6.88. The minimum atomic E-state index is -0.619. The molecule has 1 saturated heterocycles. The van der Waals surface area contributed by atoms with Crippen molar-refractivity contribution < 1.29 is 23.9 Å². The first kappa shape index (κ1) is 20.4. The lowest BCUT2D eigenvalue weighted by Gasteiger charge is -2.19. The Kier molecular flexibility index (Phi) is 6.49. The molecule has 0 bridgehead atoms. The lowest BCUT2D eigenvalue weighted by Crippen LogP contribution is -2.32. The summed E-state index contributed by atoms with van der Waals surface area (Å²) < 4.78 is 10.4. The number of hydrogen-bond acceptors (Lipinski definition) is 5. The van der Waals surface area contributed by atoms with Crippen LogP contribution in [0.25, 0.3) is 0 Å². The van der Waals surface area contributed by atoms with E-state index in [9.17, 15) is 14.4 Å². The monoisotopic (exact) mass is 396 g/mol.